The highest BCUT2D eigenvalue weighted by molar-refractivity contribution is 7.15. The largest absolute Gasteiger partial charge is 0.374 e. The maximum Gasteiger partial charge on any atom is 0.222 e. The van der Waals surface area contributed by atoms with Gasteiger partial charge in [0.25, 0.3) is 0 Å². The first kappa shape index (κ1) is 16.1. The molecule has 2 aromatic heterocycles. The van der Waals surface area contributed by atoms with Crippen molar-refractivity contribution in [3.05, 3.63) is 58.9 Å². The predicted molar refractivity (Wildman–Crippen MR) is 92.3 cm³/mol. The molecule has 1 atom stereocenters. The molecule has 124 valence electrons. The van der Waals surface area contributed by atoms with E-state index in [1.54, 1.807) is 10.9 Å². The van der Waals surface area contributed by atoms with Crippen LogP contribution in [0.3, 0.4) is 0 Å². The van der Waals surface area contributed by atoms with Crippen molar-refractivity contribution in [1.29, 1.82) is 0 Å². The summed E-state index contributed by atoms with van der Waals surface area (Å²) in [6.45, 7) is 2.49. The highest BCUT2D eigenvalue weighted by Gasteiger charge is 2.20. The van der Waals surface area contributed by atoms with Gasteiger partial charge in [-0.3, -0.25) is 9.48 Å². The van der Waals surface area contributed by atoms with Crippen LogP contribution in [0.2, 0.25) is 0 Å². The van der Waals surface area contributed by atoms with Gasteiger partial charge in [-0.05, 0) is 18.1 Å². The summed E-state index contributed by atoms with van der Waals surface area (Å²) in [6.07, 6.45) is 4.01. The summed E-state index contributed by atoms with van der Waals surface area (Å²) in [7, 11) is 0. The Hall–Kier alpha value is -2.74. The number of aromatic nitrogens is 4. The van der Waals surface area contributed by atoms with Crippen molar-refractivity contribution in [1.82, 2.24) is 25.3 Å². The lowest BCUT2D eigenvalue weighted by atomic mass is 10.1. The predicted octanol–water partition coefficient (Wildman–Crippen LogP) is 1.92. The second kappa shape index (κ2) is 7.22. The van der Waals surface area contributed by atoms with E-state index in [1.807, 2.05) is 43.5 Å². The Bertz CT molecular complexity index is 813. The molecule has 24 heavy (non-hydrogen) atoms. The molecule has 7 nitrogen and oxygen atoms in total. The number of hydrogen-bond acceptors (Lipinski definition) is 6. The first-order chi connectivity index (χ1) is 11.6. The van der Waals surface area contributed by atoms with Crippen LogP contribution in [0.15, 0.2) is 42.7 Å². The maximum atomic E-state index is 12.4. The Morgan fingerprint density at radius 1 is 1.33 bits per heavy atom. The highest BCUT2D eigenvalue weighted by atomic mass is 32.1. The van der Waals surface area contributed by atoms with Gasteiger partial charge in [0.05, 0.1) is 6.20 Å². The van der Waals surface area contributed by atoms with Crippen LogP contribution < -0.4 is 11.1 Å². The fourth-order valence-corrected chi connectivity index (χ4v) is 3.03. The quantitative estimate of drug-likeness (QED) is 0.713. The zero-order valence-electron chi connectivity index (χ0n) is 13.2. The van der Waals surface area contributed by atoms with Crippen LogP contribution in [0.4, 0.5) is 5.13 Å². The number of carbonyl (C=O) groups is 1. The summed E-state index contributed by atoms with van der Waals surface area (Å²) < 4.78 is 1.76. The summed E-state index contributed by atoms with van der Waals surface area (Å²) in [5.41, 5.74) is 7.70. The van der Waals surface area contributed by atoms with Crippen molar-refractivity contribution in [2.45, 2.75) is 25.9 Å². The first-order valence-corrected chi connectivity index (χ1v) is 8.35. The average Bonchev–Trinajstić information content (AvgIpc) is 3.20. The molecule has 0 unspecified atom stereocenters. The molecular formula is C16H18N6OS. The normalized spacial score (nSPS) is 12.0. The molecule has 3 N–H and O–H groups in total. The van der Waals surface area contributed by atoms with Crippen molar-refractivity contribution in [3.63, 3.8) is 0 Å². The van der Waals surface area contributed by atoms with Crippen molar-refractivity contribution in [2.24, 2.45) is 0 Å². The summed E-state index contributed by atoms with van der Waals surface area (Å²) >= 11 is 1.27. The van der Waals surface area contributed by atoms with E-state index in [4.69, 9.17) is 5.73 Å². The topological polar surface area (TPSA) is 98.7 Å². The second-order valence-electron chi connectivity index (χ2n) is 5.42. The number of nitrogen functional groups attached to an aromatic ring is 1. The molecule has 0 aliphatic rings. The molecule has 0 saturated carbocycles. The highest BCUT2D eigenvalue weighted by Crippen LogP contribution is 2.25. The van der Waals surface area contributed by atoms with Gasteiger partial charge < -0.3 is 11.1 Å². The van der Waals surface area contributed by atoms with Gasteiger partial charge >= 0.3 is 0 Å². The standard InChI is InChI=1S/C16H18N6OS/c1-11-9-18-22(10-11)8-7-13(23)19-14(12-5-3-2-4-6-12)15-20-21-16(17)24-15/h2-6,9-10,14H,7-8H2,1H3,(H2,17,21)(H,19,23)/t14-/m0/s1. The van der Waals surface area contributed by atoms with Crippen LogP contribution in [0.1, 0.15) is 28.6 Å². The molecule has 0 bridgehead atoms. The van der Waals surface area contributed by atoms with E-state index < -0.39 is 0 Å². The number of aryl methyl sites for hydroxylation is 2. The maximum absolute atomic E-state index is 12.4. The molecular weight excluding hydrogens is 324 g/mol. The third-order valence-corrected chi connectivity index (χ3v) is 4.29. The molecule has 1 amide bonds. The molecule has 0 fully saturated rings. The van der Waals surface area contributed by atoms with Gasteiger partial charge in [0.15, 0.2) is 0 Å². The number of benzene rings is 1. The van der Waals surface area contributed by atoms with E-state index in [0.29, 0.717) is 23.1 Å². The van der Waals surface area contributed by atoms with Crippen LogP contribution in [0, 0.1) is 6.92 Å². The lowest BCUT2D eigenvalue weighted by molar-refractivity contribution is -0.121. The monoisotopic (exact) mass is 342 g/mol. The molecule has 8 heteroatoms. The van der Waals surface area contributed by atoms with E-state index in [9.17, 15) is 4.79 Å². The molecule has 0 aliphatic carbocycles. The molecule has 0 saturated heterocycles. The average molecular weight is 342 g/mol. The number of amides is 1. The third-order valence-electron chi connectivity index (χ3n) is 3.47. The second-order valence-corrected chi connectivity index (χ2v) is 6.46. The minimum Gasteiger partial charge on any atom is -0.374 e. The molecule has 1 aromatic carbocycles. The van der Waals surface area contributed by atoms with E-state index >= 15 is 0 Å². The summed E-state index contributed by atoms with van der Waals surface area (Å²) in [5.74, 6) is -0.0780. The van der Waals surface area contributed by atoms with Crippen molar-refractivity contribution in [2.75, 3.05) is 5.73 Å². The Morgan fingerprint density at radius 3 is 2.75 bits per heavy atom. The van der Waals surface area contributed by atoms with Gasteiger partial charge in [-0.15, -0.1) is 10.2 Å². The minimum absolute atomic E-state index is 0.0780. The number of nitrogens with two attached hydrogens (primary N) is 1. The van der Waals surface area contributed by atoms with Crippen molar-refractivity contribution >= 4 is 22.4 Å². The Labute approximate surface area is 143 Å². The van der Waals surface area contributed by atoms with Gasteiger partial charge in [0, 0.05) is 19.2 Å². The van der Waals surface area contributed by atoms with E-state index in [0.717, 1.165) is 11.1 Å². The van der Waals surface area contributed by atoms with Crippen molar-refractivity contribution < 1.29 is 4.79 Å². The summed E-state index contributed by atoms with van der Waals surface area (Å²) in [6, 6.07) is 9.31. The number of carbonyl (C=O) groups excluding carboxylic acids is 1. The first-order valence-electron chi connectivity index (χ1n) is 7.54. The Balaban J connectivity index is 1.70. The van der Waals surface area contributed by atoms with Crippen LogP contribution >= 0.6 is 11.3 Å². The zero-order valence-corrected chi connectivity index (χ0v) is 14.0. The fraction of sp³-hybridized carbons (Fsp3) is 0.250. The molecule has 0 radical (unpaired) electrons. The zero-order chi connectivity index (χ0) is 16.9. The summed E-state index contributed by atoms with van der Waals surface area (Å²) in [4.78, 5) is 12.4. The SMILES string of the molecule is Cc1cnn(CCC(=O)N[C@@H](c2ccccc2)c2nnc(N)s2)c1. The molecule has 3 rings (SSSR count). The number of nitrogens with one attached hydrogen (secondary N) is 1. The van der Waals surface area contributed by atoms with Gasteiger partial charge in [-0.25, -0.2) is 0 Å². The van der Waals surface area contributed by atoms with E-state index in [2.05, 4.69) is 20.6 Å². The van der Waals surface area contributed by atoms with Gasteiger partial charge in [0.1, 0.15) is 11.0 Å². The Kier molecular flexibility index (Phi) is 4.85. The molecule has 0 spiro atoms. The number of nitrogens with zero attached hydrogens (tertiary/aromatic N) is 4. The van der Waals surface area contributed by atoms with Gasteiger partial charge in [-0.1, -0.05) is 41.7 Å². The van der Waals surface area contributed by atoms with Gasteiger partial charge in [0.2, 0.25) is 11.0 Å². The smallest absolute Gasteiger partial charge is 0.222 e. The van der Waals surface area contributed by atoms with E-state index in [1.165, 1.54) is 11.3 Å². The summed E-state index contributed by atoms with van der Waals surface area (Å²) in [5, 5.41) is 16.2. The third kappa shape index (κ3) is 3.96. The Morgan fingerprint density at radius 2 is 2.12 bits per heavy atom. The van der Waals surface area contributed by atoms with E-state index in [-0.39, 0.29) is 11.9 Å². The molecule has 2 heterocycles. The molecule has 0 aliphatic heterocycles. The number of hydrogen-bond donors (Lipinski definition) is 2. The van der Waals surface area contributed by atoms with Gasteiger partial charge in [-0.2, -0.15) is 5.10 Å². The molecule has 3 aromatic rings. The lowest BCUT2D eigenvalue weighted by Crippen LogP contribution is -2.30. The lowest BCUT2D eigenvalue weighted by Gasteiger charge is -2.16. The minimum atomic E-state index is -0.354. The van der Waals surface area contributed by atoms with Crippen LogP contribution in [0.5, 0.6) is 0 Å². The van der Waals surface area contributed by atoms with Crippen molar-refractivity contribution in [3.8, 4) is 0 Å². The fourth-order valence-electron chi connectivity index (χ4n) is 2.33. The van der Waals surface area contributed by atoms with Crippen LogP contribution in [0.25, 0.3) is 0 Å². The number of anilines is 1. The van der Waals surface area contributed by atoms with Crippen LogP contribution in [-0.4, -0.2) is 25.9 Å². The van der Waals surface area contributed by atoms with Crippen LogP contribution in [-0.2, 0) is 11.3 Å². The number of rotatable bonds is 6.